The molecule has 0 fully saturated rings. The van der Waals surface area contributed by atoms with Crippen LogP contribution in [0.1, 0.15) is 12.5 Å². The Morgan fingerprint density at radius 2 is 1.48 bits per heavy atom. The third kappa shape index (κ3) is 3.92. The molecule has 0 saturated carbocycles. The summed E-state index contributed by atoms with van der Waals surface area (Å²) in [4.78, 5) is 16.3. The number of likely N-dealkylation sites (N-methyl/N-ethyl adjacent to an activating group) is 2. The second-order valence-corrected chi connectivity index (χ2v) is 5.31. The molecule has 0 N–H and O–H groups in total. The van der Waals surface area contributed by atoms with Gasteiger partial charge in [0.05, 0.1) is 6.04 Å². The van der Waals surface area contributed by atoms with Gasteiger partial charge in [-0.25, -0.2) is 0 Å². The summed E-state index contributed by atoms with van der Waals surface area (Å²) in [7, 11) is 3.80. The van der Waals surface area contributed by atoms with Gasteiger partial charge in [0.1, 0.15) is 0 Å². The van der Waals surface area contributed by atoms with E-state index in [0.717, 1.165) is 12.2 Å². The van der Waals surface area contributed by atoms with Crippen molar-refractivity contribution < 1.29 is 4.79 Å². The average molecular weight is 282 g/mol. The molecule has 0 saturated heterocycles. The lowest BCUT2D eigenvalue weighted by atomic mass is 10.1. The summed E-state index contributed by atoms with van der Waals surface area (Å²) in [6.07, 6.45) is 0. The van der Waals surface area contributed by atoms with Crippen molar-refractivity contribution in [2.24, 2.45) is 0 Å². The molecular formula is C18H22N2O. The van der Waals surface area contributed by atoms with Crippen LogP contribution < -0.4 is 4.90 Å². The van der Waals surface area contributed by atoms with Gasteiger partial charge in [0.25, 0.3) is 0 Å². The van der Waals surface area contributed by atoms with Crippen molar-refractivity contribution in [3.05, 3.63) is 66.2 Å². The van der Waals surface area contributed by atoms with Crippen molar-refractivity contribution >= 4 is 11.6 Å². The van der Waals surface area contributed by atoms with Crippen LogP contribution in [0.4, 0.5) is 5.69 Å². The van der Waals surface area contributed by atoms with Crippen LogP contribution in [-0.4, -0.2) is 30.9 Å². The Hall–Kier alpha value is -2.13. The van der Waals surface area contributed by atoms with E-state index in [1.54, 1.807) is 4.90 Å². The van der Waals surface area contributed by atoms with Crippen LogP contribution in [0.5, 0.6) is 0 Å². The molecular weight excluding hydrogens is 260 g/mol. The van der Waals surface area contributed by atoms with E-state index in [4.69, 9.17) is 0 Å². The molecule has 2 aromatic carbocycles. The van der Waals surface area contributed by atoms with Gasteiger partial charge in [0.2, 0.25) is 5.91 Å². The quantitative estimate of drug-likeness (QED) is 0.841. The lowest BCUT2D eigenvalue weighted by Gasteiger charge is -2.28. The summed E-state index contributed by atoms with van der Waals surface area (Å²) in [6.45, 7) is 2.71. The fraction of sp³-hybridized carbons (Fsp3) is 0.278. The fourth-order valence-electron chi connectivity index (χ4n) is 2.26. The number of benzene rings is 2. The van der Waals surface area contributed by atoms with Gasteiger partial charge in [-0.05, 0) is 31.7 Å². The zero-order valence-corrected chi connectivity index (χ0v) is 12.9. The standard InChI is InChI=1S/C18H22N2O/c1-15(19(2)14-16-10-6-4-7-11-16)18(21)20(3)17-12-8-5-9-13-17/h4-13,15H,14H2,1-3H3. The minimum atomic E-state index is -0.171. The van der Waals surface area contributed by atoms with Crippen LogP contribution in [0.15, 0.2) is 60.7 Å². The second kappa shape index (κ2) is 7.04. The SMILES string of the molecule is CC(C(=O)N(C)c1ccccc1)N(C)Cc1ccccc1. The Labute approximate surface area is 126 Å². The number of rotatable bonds is 5. The maximum absolute atomic E-state index is 12.6. The topological polar surface area (TPSA) is 23.6 Å². The summed E-state index contributed by atoms with van der Waals surface area (Å²) in [5.74, 6) is 0.0969. The van der Waals surface area contributed by atoms with Gasteiger partial charge in [0, 0.05) is 19.3 Å². The van der Waals surface area contributed by atoms with Crippen molar-refractivity contribution in [3.63, 3.8) is 0 Å². The zero-order chi connectivity index (χ0) is 15.2. The first-order valence-corrected chi connectivity index (χ1v) is 7.16. The molecule has 0 radical (unpaired) electrons. The number of carbonyl (C=O) groups excluding carboxylic acids is 1. The third-order valence-corrected chi connectivity index (χ3v) is 3.77. The maximum atomic E-state index is 12.6. The van der Waals surface area contributed by atoms with Crippen LogP contribution in [0.3, 0.4) is 0 Å². The van der Waals surface area contributed by atoms with Crippen molar-refractivity contribution in [2.75, 3.05) is 19.0 Å². The second-order valence-electron chi connectivity index (χ2n) is 5.31. The molecule has 0 aromatic heterocycles. The first-order chi connectivity index (χ1) is 10.1. The van der Waals surface area contributed by atoms with E-state index in [0.29, 0.717) is 0 Å². The Morgan fingerprint density at radius 1 is 0.952 bits per heavy atom. The molecule has 0 spiro atoms. The molecule has 0 heterocycles. The summed E-state index contributed by atoms with van der Waals surface area (Å²) in [5, 5.41) is 0. The van der Waals surface area contributed by atoms with Gasteiger partial charge in [0.15, 0.2) is 0 Å². The van der Waals surface area contributed by atoms with Crippen LogP contribution in [0, 0.1) is 0 Å². The van der Waals surface area contributed by atoms with E-state index in [1.165, 1.54) is 5.56 Å². The Morgan fingerprint density at radius 3 is 2.05 bits per heavy atom. The Kier molecular flexibility index (Phi) is 5.12. The third-order valence-electron chi connectivity index (χ3n) is 3.77. The van der Waals surface area contributed by atoms with E-state index in [2.05, 4.69) is 17.0 Å². The summed E-state index contributed by atoms with van der Waals surface area (Å²) in [6, 6.07) is 19.8. The van der Waals surface area contributed by atoms with Gasteiger partial charge in [-0.2, -0.15) is 0 Å². The molecule has 21 heavy (non-hydrogen) atoms. The first kappa shape index (κ1) is 15.3. The number of carbonyl (C=O) groups is 1. The lowest BCUT2D eigenvalue weighted by Crippen LogP contribution is -2.43. The molecule has 1 amide bonds. The van der Waals surface area contributed by atoms with Crippen molar-refractivity contribution in [3.8, 4) is 0 Å². The molecule has 0 aliphatic carbocycles. The van der Waals surface area contributed by atoms with Gasteiger partial charge in [-0.15, -0.1) is 0 Å². The molecule has 3 heteroatoms. The molecule has 0 aliphatic heterocycles. The van der Waals surface area contributed by atoms with E-state index in [-0.39, 0.29) is 11.9 Å². The van der Waals surface area contributed by atoms with Gasteiger partial charge in [-0.1, -0.05) is 48.5 Å². The summed E-state index contributed by atoms with van der Waals surface area (Å²) < 4.78 is 0. The largest absolute Gasteiger partial charge is 0.314 e. The molecule has 1 atom stereocenters. The fourth-order valence-corrected chi connectivity index (χ4v) is 2.26. The van der Waals surface area contributed by atoms with Crippen LogP contribution in [-0.2, 0) is 11.3 Å². The van der Waals surface area contributed by atoms with Gasteiger partial charge >= 0.3 is 0 Å². The minimum Gasteiger partial charge on any atom is -0.314 e. The zero-order valence-electron chi connectivity index (χ0n) is 12.9. The summed E-state index contributed by atoms with van der Waals surface area (Å²) in [5.41, 5.74) is 2.13. The highest BCUT2D eigenvalue weighted by Gasteiger charge is 2.22. The predicted octanol–water partition coefficient (Wildman–Crippen LogP) is 3.17. The molecule has 0 aliphatic rings. The Balaban J connectivity index is 2.01. The number of para-hydroxylation sites is 1. The lowest BCUT2D eigenvalue weighted by molar-refractivity contribution is -0.122. The maximum Gasteiger partial charge on any atom is 0.243 e. The highest BCUT2D eigenvalue weighted by molar-refractivity contribution is 5.96. The predicted molar refractivity (Wildman–Crippen MR) is 87.2 cm³/mol. The number of amides is 1. The molecule has 3 nitrogen and oxygen atoms in total. The van der Waals surface area contributed by atoms with Crippen molar-refractivity contribution in [1.29, 1.82) is 0 Å². The normalized spacial score (nSPS) is 12.2. The van der Waals surface area contributed by atoms with E-state index < -0.39 is 0 Å². The monoisotopic (exact) mass is 282 g/mol. The van der Waals surface area contributed by atoms with Crippen molar-refractivity contribution in [2.45, 2.75) is 19.5 Å². The minimum absolute atomic E-state index is 0.0969. The highest BCUT2D eigenvalue weighted by Crippen LogP contribution is 2.14. The number of hydrogen-bond acceptors (Lipinski definition) is 2. The number of hydrogen-bond donors (Lipinski definition) is 0. The van der Waals surface area contributed by atoms with Crippen LogP contribution >= 0.6 is 0 Å². The van der Waals surface area contributed by atoms with Gasteiger partial charge < -0.3 is 4.90 Å². The van der Waals surface area contributed by atoms with Crippen LogP contribution in [0.25, 0.3) is 0 Å². The highest BCUT2D eigenvalue weighted by atomic mass is 16.2. The van der Waals surface area contributed by atoms with E-state index >= 15 is 0 Å². The van der Waals surface area contributed by atoms with Crippen LogP contribution in [0.2, 0.25) is 0 Å². The molecule has 2 rings (SSSR count). The number of anilines is 1. The number of nitrogens with zero attached hydrogens (tertiary/aromatic N) is 2. The molecule has 2 aromatic rings. The van der Waals surface area contributed by atoms with Gasteiger partial charge in [-0.3, -0.25) is 9.69 Å². The van der Waals surface area contributed by atoms with Crippen molar-refractivity contribution in [1.82, 2.24) is 4.90 Å². The van der Waals surface area contributed by atoms with E-state index in [1.807, 2.05) is 69.6 Å². The average Bonchev–Trinajstić information content (AvgIpc) is 2.54. The molecule has 110 valence electrons. The first-order valence-electron chi connectivity index (χ1n) is 7.16. The van der Waals surface area contributed by atoms with E-state index in [9.17, 15) is 4.79 Å². The molecule has 0 bridgehead atoms. The molecule has 1 unspecified atom stereocenters. The summed E-state index contributed by atoms with van der Waals surface area (Å²) >= 11 is 0. The smallest absolute Gasteiger partial charge is 0.243 e. The Bertz CT molecular complexity index is 568.